The number of hydrogen-bond acceptors (Lipinski definition) is 5. The van der Waals surface area contributed by atoms with E-state index >= 15 is 0 Å². The lowest BCUT2D eigenvalue weighted by Crippen LogP contribution is -2.35. The van der Waals surface area contributed by atoms with Crippen LogP contribution in [0.1, 0.15) is 6.92 Å². The Labute approximate surface area is 176 Å². The highest BCUT2D eigenvalue weighted by molar-refractivity contribution is 7.96. The number of carbonyl (C=O) groups excluding carboxylic acids is 2. The van der Waals surface area contributed by atoms with Gasteiger partial charge < -0.3 is 9.64 Å². The van der Waals surface area contributed by atoms with Crippen molar-refractivity contribution in [1.29, 1.82) is 0 Å². The van der Waals surface area contributed by atoms with E-state index in [1.165, 1.54) is 34.2 Å². The van der Waals surface area contributed by atoms with Crippen LogP contribution in [0.4, 0.5) is 10.5 Å². The van der Waals surface area contributed by atoms with Gasteiger partial charge in [0.1, 0.15) is 0 Å². The van der Waals surface area contributed by atoms with Crippen molar-refractivity contribution in [2.24, 2.45) is 0 Å². The number of rotatable bonds is 7. The molecular weight excluding hydrogens is 404 g/mol. The highest BCUT2D eigenvalue weighted by Gasteiger charge is 2.27. The molecule has 2 amide bonds. The van der Waals surface area contributed by atoms with E-state index in [4.69, 9.17) is 4.74 Å². The Hall–Kier alpha value is -3.39. The highest BCUT2D eigenvalue weighted by Crippen LogP contribution is 2.21. The molecule has 8 heteroatoms. The van der Waals surface area contributed by atoms with E-state index in [-0.39, 0.29) is 17.5 Å². The number of hydrogen-bond donors (Lipinski definition) is 0. The standard InChI is InChI=1S/C22H24N2O5S/c1-4-29-21(25)20(30(27,28)19-14-9-6-10-15-19)16-11-17-24(22(26)23(2)3)18-12-7-5-8-13-18/h5-17H,4H2,1-3H3/b17-11+,20-16-. The number of para-hydroxylation sites is 1. The van der Waals surface area contributed by atoms with Crippen LogP contribution in [-0.2, 0) is 19.4 Å². The third-order valence-corrected chi connectivity index (χ3v) is 5.70. The lowest BCUT2D eigenvalue weighted by Gasteiger charge is -2.22. The van der Waals surface area contributed by atoms with Gasteiger partial charge in [0.15, 0.2) is 4.91 Å². The second-order valence-corrected chi connectivity index (χ2v) is 8.21. The number of urea groups is 1. The van der Waals surface area contributed by atoms with Gasteiger partial charge in [-0.25, -0.2) is 18.0 Å². The van der Waals surface area contributed by atoms with Crippen LogP contribution in [0.5, 0.6) is 0 Å². The normalized spacial score (nSPS) is 11.9. The van der Waals surface area contributed by atoms with E-state index in [0.29, 0.717) is 5.69 Å². The quantitative estimate of drug-likeness (QED) is 0.382. The first kappa shape index (κ1) is 22.9. The fourth-order valence-corrected chi connectivity index (χ4v) is 3.78. The fraction of sp³-hybridized carbons (Fsp3) is 0.182. The molecule has 30 heavy (non-hydrogen) atoms. The van der Waals surface area contributed by atoms with Crippen LogP contribution in [-0.4, -0.2) is 46.0 Å². The molecule has 158 valence electrons. The molecule has 0 aromatic heterocycles. The molecule has 0 atom stereocenters. The van der Waals surface area contributed by atoms with Crippen LogP contribution in [0.15, 0.2) is 88.8 Å². The Morgan fingerprint density at radius 2 is 1.53 bits per heavy atom. The van der Waals surface area contributed by atoms with Crippen LogP contribution in [0.25, 0.3) is 0 Å². The fourth-order valence-electron chi connectivity index (χ4n) is 2.48. The third kappa shape index (κ3) is 5.57. The summed E-state index contributed by atoms with van der Waals surface area (Å²) < 4.78 is 30.8. The van der Waals surface area contributed by atoms with E-state index < -0.39 is 20.7 Å². The van der Waals surface area contributed by atoms with E-state index in [0.717, 1.165) is 6.08 Å². The van der Waals surface area contributed by atoms with Gasteiger partial charge in [-0.2, -0.15) is 0 Å². The van der Waals surface area contributed by atoms with Crippen LogP contribution in [0.2, 0.25) is 0 Å². The number of anilines is 1. The Morgan fingerprint density at radius 3 is 2.07 bits per heavy atom. The first-order chi connectivity index (χ1) is 14.3. The summed E-state index contributed by atoms with van der Waals surface area (Å²) in [4.78, 5) is 27.1. The number of amides is 2. The molecule has 0 spiro atoms. The lowest BCUT2D eigenvalue weighted by atomic mass is 10.3. The predicted molar refractivity (Wildman–Crippen MR) is 115 cm³/mol. The summed E-state index contributed by atoms with van der Waals surface area (Å²) >= 11 is 0. The molecule has 2 aromatic carbocycles. The van der Waals surface area contributed by atoms with Crippen molar-refractivity contribution in [2.75, 3.05) is 25.6 Å². The third-order valence-electron chi connectivity index (χ3n) is 3.93. The van der Waals surface area contributed by atoms with E-state index in [1.54, 1.807) is 63.5 Å². The average molecular weight is 429 g/mol. The predicted octanol–water partition coefficient (Wildman–Crippen LogP) is 3.61. The van der Waals surface area contributed by atoms with Crippen molar-refractivity contribution in [3.63, 3.8) is 0 Å². The molecule has 2 rings (SSSR count). The highest BCUT2D eigenvalue weighted by atomic mass is 32.2. The molecule has 0 aliphatic heterocycles. The molecule has 7 nitrogen and oxygen atoms in total. The van der Waals surface area contributed by atoms with Gasteiger partial charge in [-0.15, -0.1) is 0 Å². The maximum Gasteiger partial charge on any atom is 0.350 e. The van der Waals surface area contributed by atoms with Crippen LogP contribution >= 0.6 is 0 Å². The number of ether oxygens (including phenoxy) is 1. The molecule has 0 saturated carbocycles. The minimum Gasteiger partial charge on any atom is -0.462 e. The van der Waals surface area contributed by atoms with Crippen molar-refractivity contribution >= 4 is 27.5 Å². The molecule has 0 saturated heterocycles. The van der Waals surface area contributed by atoms with Gasteiger partial charge in [0.25, 0.3) is 0 Å². The Kier molecular flexibility index (Phi) is 7.94. The number of benzene rings is 2. The minimum absolute atomic E-state index is 0.0259. The summed E-state index contributed by atoms with van der Waals surface area (Å²) in [6.07, 6.45) is 3.87. The van der Waals surface area contributed by atoms with Crippen molar-refractivity contribution in [1.82, 2.24) is 4.90 Å². The number of esters is 1. The van der Waals surface area contributed by atoms with Gasteiger partial charge in [-0.05, 0) is 43.3 Å². The van der Waals surface area contributed by atoms with Crippen molar-refractivity contribution < 1.29 is 22.7 Å². The first-order valence-electron chi connectivity index (χ1n) is 9.20. The van der Waals surface area contributed by atoms with Gasteiger partial charge in [0.05, 0.1) is 17.2 Å². The molecule has 0 radical (unpaired) electrons. The average Bonchev–Trinajstić information content (AvgIpc) is 2.74. The van der Waals surface area contributed by atoms with Crippen LogP contribution in [0, 0.1) is 0 Å². The Bertz CT molecular complexity index is 1030. The van der Waals surface area contributed by atoms with Crippen molar-refractivity contribution in [3.05, 3.63) is 83.9 Å². The maximum absolute atomic E-state index is 12.9. The molecule has 0 unspecified atom stereocenters. The van der Waals surface area contributed by atoms with Gasteiger partial charge in [-0.3, -0.25) is 4.90 Å². The number of nitrogens with zero attached hydrogens (tertiary/aromatic N) is 2. The van der Waals surface area contributed by atoms with Gasteiger partial charge in [-0.1, -0.05) is 36.4 Å². The first-order valence-corrected chi connectivity index (χ1v) is 10.7. The van der Waals surface area contributed by atoms with E-state index in [1.807, 2.05) is 6.07 Å². The molecule has 0 fully saturated rings. The SMILES string of the molecule is CCOC(=O)/C(=C/C=C/N(C(=O)N(C)C)c1ccccc1)S(=O)(=O)c1ccccc1. The molecule has 0 aliphatic carbocycles. The topological polar surface area (TPSA) is 84.0 Å². The number of allylic oxidation sites excluding steroid dienone is 2. The number of sulfone groups is 1. The largest absolute Gasteiger partial charge is 0.462 e. The zero-order valence-corrected chi connectivity index (χ0v) is 17.9. The van der Waals surface area contributed by atoms with E-state index in [9.17, 15) is 18.0 Å². The Morgan fingerprint density at radius 1 is 0.967 bits per heavy atom. The van der Waals surface area contributed by atoms with Gasteiger partial charge in [0, 0.05) is 20.3 Å². The van der Waals surface area contributed by atoms with Crippen molar-refractivity contribution in [3.8, 4) is 0 Å². The number of carbonyl (C=O) groups is 2. The molecule has 0 aliphatic rings. The zero-order chi connectivity index (χ0) is 22.1. The maximum atomic E-state index is 12.9. The van der Waals surface area contributed by atoms with E-state index in [2.05, 4.69) is 0 Å². The smallest absolute Gasteiger partial charge is 0.350 e. The second kappa shape index (κ2) is 10.4. The summed E-state index contributed by atoms with van der Waals surface area (Å²) in [6, 6.07) is 16.1. The summed E-state index contributed by atoms with van der Waals surface area (Å²) in [7, 11) is -0.894. The molecule has 0 bridgehead atoms. The molecule has 2 aromatic rings. The molecular formula is C22H24N2O5S. The summed E-state index contributed by atoms with van der Waals surface area (Å²) in [6.45, 7) is 1.62. The lowest BCUT2D eigenvalue weighted by molar-refractivity contribution is -0.137. The second-order valence-electron chi connectivity index (χ2n) is 6.29. The monoisotopic (exact) mass is 428 g/mol. The van der Waals surface area contributed by atoms with Crippen LogP contribution < -0.4 is 4.90 Å². The minimum atomic E-state index is -4.10. The summed E-state index contributed by atoms with van der Waals surface area (Å²) in [5.74, 6) is -0.962. The van der Waals surface area contributed by atoms with Crippen molar-refractivity contribution in [2.45, 2.75) is 11.8 Å². The van der Waals surface area contributed by atoms with Crippen LogP contribution in [0.3, 0.4) is 0 Å². The summed E-state index contributed by atoms with van der Waals surface area (Å²) in [5, 5.41) is 0. The molecule has 0 N–H and O–H groups in total. The van der Waals surface area contributed by atoms with Gasteiger partial charge >= 0.3 is 12.0 Å². The summed E-state index contributed by atoms with van der Waals surface area (Å²) in [5.41, 5.74) is 0.587. The van der Waals surface area contributed by atoms with Gasteiger partial charge in [0.2, 0.25) is 9.84 Å². The molecule has 0 heterocycles. The zero-order valence-electron chi connectivity index (χ0n) is 17.1. The Balaban J connectivity index is 2.48.